The number of nitrogens with zero attached hydrogens (tertiary/aromatic N) is 6. The second kappa shape index (κ2) is 13.2. The molecule has 3 aromatic heterocycles. The maximum Gasteiger partial charge on any atom is 0.341 e. The van der Waals surface area contributed by atoms with Gasteiger partial charge in [-0.3, -0.25) is 19.3 Å². The molecule has 4 N–H and O–H groups in total. The van der Waals surface area contributed by atoms with E-state index in [2.05, 4.69) is 25.5 Å². The van der Waals surface area contributed by atoms with E-state index in [4.69, 9.17) is 0 Å². The van der Waals surface area contributed by atoms with E-state index in [-0.39, 0.29) is 35.5 Å². The van der Waals surface area contributed by atoms with Crippen LogP contribution >= 0.6 is 0 Å². The Morgan fingerprint density at radius 2 is 1.76 bits per heavy atom. The highest BCUT2D eigenvalue weighted by Crippen LogP contribution is 2.38. The summed E-state index contributed by atoms with van der Waals surface area (Å²) in [6.07, 6.45) is 4.60. The molecule has 4 heterocycles. The molecule has 1 amide bonds. The number of aromatic carboxylic acids is 1. The molecule has 15 nitrogen and oxygen atoms in total. The summed E-state index contributed by atoms with van der Waals surface area (Å²) in [7, 11) is 0. The van der Waals surface area contributed by atoms with E-state index in [0.29, 0.717) is 66.1 Å². The van der Waals surface area contributed by atoms with Crippen LogP contribution in [0.3, 0.4) is 0 Å². The summed E-state index contributed by atoms with van der Waals surface area (Å²) in [6, 6.07) is 9.94. The lowest BCUT2D eigenvalue weighted by Gasteiger charge is -2.36. The van der Waals surface area contributed by atoms with Crippen molar-refractivity contribution in [2.45, 2.75) is 44.4 Å². The molecule has 0 spiro atoms. The van der Waals surface area contributed by atoms with Crippen molar-refractivity contribution < 1.29 is 29.0 Å². The van der Waals surface area contributed by atoms with Gasteiger partial charge in [0.15, 0.2) is 0 Å². The number of aromatic amines is 1. The lowest BCUT2D eigenvalue weighted by atomic mass is 10.0. The second-order valence-corrected chi connectivity index (χ2v) is 12.7. The lowest BCUT2D eigenvalue weighted by molar-refractivity contribution is -0.141. The molecule has 1 aliphatic carbocycles. The number of benzene rings is 2. The molecule has 258 valence electrons. The number of halogens is 1. The third kappa shape index (κ3) is 6.69. The number of nitrogens with one attached hydrogen (secondary N) is 2. The number of aliphatic carboxylic acids is 1. The predicted octanol–water partition coefficient (Wildman–Crippen LogP) is 1.74. The van der Waals surface area contributed by atoms with Crippen LogP contribution < -0.4 is 21.2 Å². The van der Waals surface area contributed by atoms with Gasteiger partial charge in [0.25, 0.3) is 0 Å². The SMILES string of the molecule is O=C(Cn1cc(CN2CCN(c3cc4c(cc3F)c(=O)c(C(=O)O)cn4C3CC3)CC2)nn1)N[C@@H](Cc1cc(=O)[nH]c2ccccc12)C(=O)O. The third-order valence-electron chi connectivity index (χ3n) is 9.16. The Labute approximate surface area is 282 Å². The summed E-state index contributed by atoms with van der Waals surface area (Å²) in [5.74, 6) is -3.76. The Morgan fingerprint density at radius 3 is 2.48 bits per heavy atom. The Kier molecular flexibility index (Phi) is 8.61. The van der Waals surface area contributed by atoms with Gasteiger partial charge in [0, 0.05) is 73.7 Å². The van der Waals surface area contributed by atoms with Crippen molar-refractivity contribution in [1.29, 1.82) is 0 Å². The summed E-state index contributed by atoms with van der Waals surface area (Å²) in [5.41, 5.74) is 1.07. The number of anilines is 1. The number of amides is 1. The van der Waals surface area contributed by atoms with Crippen molar-refractivity contribution in [3.8, 4) is 0 Å². The Hall–Kier alpha value is -5.90. The first-order valence-electron chi connectivity index (χ1n) is 16.1. The first kappa shape index (κ1) is 32.6. The molecule has 0 radical (unpaired) electrons. The van der Waals surface area contributed by atoms with Crippen LogP contribution in [-0.2, 0) is 29.1 Å². The van der Waals surface area contributed by atoms with Gasteiger partial charge in [-0.2, -0.15) is 0 Å². The van der Waals surface area contributed by atoms with Gasteiger partial charge in [0.05, 0.1) is 23.1 Å². The number of carbonyl (C=O) groups is 3. The molecule has 0 unspecified atom stereocenters. The number of H-pyrrole nitrogens is 1. The molecule has 2 fully saturated rings. The van der Waals surface area contributed by atoms with Crippen LogP contribution in [-0.4, -0.2) is 89.7 Å². The molecule has 5 aromatic rings. The van der Waals surface area contributed by atoms with Crippen molar-refractivity contribution >= 4 is 45.3 Å². The van der Waals surface area contributed by atoms with Gasteiger partial charge in [-0.05, 0) is 36.6 Å². The molecule has 7 rings (SSSR count). The number of hydrogen-bond donors (Lipinski definition) is 4. The number of hydrogen-bond acceptors (Lipinski definition) is 9. The van der Waals surface area contributed by atoms with Gasteiger partial charge in [0.1, 0.15) is 24.0 Å². The summed E-state index contributed by atoms with van der Waals surface area (Å²) in [4.78, 5) is 68.2. The molecule has 1 aliphatic heterocycles. The number of aromatic nitrogens is 5. The third-order valence-corrected chi connectivity index (χ3v) is 9.16. The van der Waals surface area contributed by atoms with E-state index >= 15 is 4.39 Å². The van der Waals surface area contributed by atoms with Crippen LogP contribution in [0.1, 0.15) is 40.5 Å². The fraction of sp³-hybridized carbons (Fsp3) is 0.324. The maximum absolute atomic E-state index is 15.4. The van der Waals surface area contributed by atoms with Crippen molar-refractivity contribution in [3.05, 3.63) is 98.1 Å². The fourth-order valence-corrected chi connectivity index (χ4v) is 6.53. The standard InChI is InChI=1S/C34H33FN8O7/c35-25-13-23-28(43(21-5-6-21)17-24(32(23)46)33(47)48)14-29(25)41-9-7-40(8-10-41)15-20-16-42(39-38-20)18-31(45)37-27(34(49)50)11-19-12-30(44)36-26-4-2-1-3-22(19)26/h1-4,12-14,16-17,21,27H,5-11,15,18H2,(H,36,44)(H,37,45)(H,47,48)(H,49,50)/t27-/m0/s1. The number of carbonyl (C=O) groups excluding carboxylic acids is 1. The Morgan fingerprint density at radius 1 is 1.00 bits per heavy atom. The summed E-state index contributed by atoms with van der Waals surface area (Å²) in [6.45, 7) is 2.26. The average Bonchev–Trinajstić information content (AvgIpc) is 3.84. The molecule has 50 heavy (non-hydrogen) atoms. The smallest absolute Gasteiger partial charge is 0.341 e. The van der Waals surface area contributed by atoms with E-state index in [1.54, 1.807) is 41.1 Å². The van der Waals surface area contributed by atoms with Crippen LogP contribution in [0, 0.1) is 5.82 Å². The minimum absolute atomic E-state index is 0.0494. The maximum atomic E-state index is 15.4. The van der Waals surface area contributed by atoms with Crippen LogP contribution in [0.2, 0.25) is 0 Å². The summed E-state index contributed by atoms with van der Waals surface area (Å²) >= 11 is 0. The number of carboxylic acid groups (broad SMARTS) is 2. The molecule has 16 heteroatoms. The van der Waals surface area contributed by atoms with Gasteiger partial charge < -0.3 is 30.0 Å². The van der Waals surface area contributed by atoms with Crippen molar-refractivity contribution in [2.24, 2.45) is 0 Å². The largest absolute Gasteiger partial charge is 0.480 e. The number of rotatable bonds is 11. The minimum Gasteiger partial charge on any atom is -0.480 e. The monoisotopic (exact) mass is 684 g/mol. The van der Waals surface area contributed by atoms with Crippen molar-refractivity contribution in [1.82, 2.24) is 34.8 Å². The first-order valence-corrected chi connectivity index (χ1v) is 16.1. The summed E-state index contributed by atoms with van der Waals surface area (Å²) in [5, 5.41) is 30.8. The van der Waals surface area contributed by atoms with Crippen molar-refractivity contribution in [3.63, 3.8) is 0 Å². The van der Waals surface area contributed by atoms with Crippen LogP contribution in [0.4, 0.5) is 10.1 Å². The zero-order valence-electron chi connectivity index (χ0n) is 26.7. The predicted molar refractivity (Wildman–Crippen MR) is 179 cm³/mol. The summed E-state index contributed by atoms with van der Waals surface area (Å²) < 4.78 is 18.5. The number of pyridine rings is 2. The zero-order valence-corrected chi connectivity index (χ0v) is 26.7. The molecule has 2 aliphatic rings. The van der Waals surface area contributed by atoms with Gasteiger partial charge in [0.2, 0.25) is 16.9 Å². The first-order chi connectivity index (χ1) is 24.0. The van der Waals surface area contributed by atoms with Crippen LogP contribution in [0.15, 0.2) is 64.4 Å². The number of carboxylic acids is 2. The highest BCUT2D eigenvalue weighted by molar-refractivity contribution is 5.93. The number of piperazine rings is 1. The number of fused-ring (bicyclic) bond motifs is 2. The normalized spacial score (nSPS) is 15.7. The van der Waals surface area contributed by atoms with Gasteiger partial charge in [-0.1, -0.05) is 23.4 Å². The molecule has 1 atom stereocenters. The minimum atomic E-state index is -1.34. The molecule has 2 aromatic carbocycles. The van der Waals surface area contributed by atoms with Crippen LogP contribution in [0.25, 0.3) is 21.8 Å². The zero-order chi connectivity index (χ0) is 35.1. The average molecular weight is 685 g/mol. The molecule has 0 bridgehead atoms. The van der Waals surface area contributed by atoms with E-state index in [9.17, 15) is 34.2 Å². The number of para-hydroxylation sites is 1. The quantitative estimate of drug-likeness (QED) is 0.158. The van der Waals surface area contributed by atoms with Crippen LogP contribution in [0.5, 0.6) is 0 Å². The molecule has 1 saturated carbocycles. The van der Waals surface area contributed by atoms with Gasteiger partial charge in [-0.15, -0.1) is 5.10 Å². The molecular weight excluding hydrogens is 651 g/mol. The van der Waals surface area contributed by atoms with E-state index in [1.807, 2.05) is 4.90 Å². The van der Waals surface area contributed by atoms with E-state index in [1.165, 1.54) is 16.9 Å². The lowest BCUT2D eigenvalue weighted by Crippen LogP contribution is -2.46. The molecule has 1 saturated heterocycles. The molecular formula is C34H33FN8O7. The van der Waals surface area contributed by atoms with Crippen molar-refractivity contribution in [2.75, 3.05) is 31.1 Å². The topological polar surface area (TPSA) is 196 Å². The second-order valence-electron chi connectivity index (χ2n) is 12.7. The van der Waals surface area contributed by atoms with Gasteiger partial charge >= 0.3 is 11.9 Å². The van der Waals surface area contributed by atoms with E-state index < -0.39 is 35.1 Å². The Bertz CT molecular complexity index is 2270. The Balaban J connectivity index is 0.967. The highest BCUT2D eigenvalue weighted by atomic mass is 19.1. The highest BCUT2D eigenvalue weighted by Gasteiger charge is 2.29. The fourth-order valence-electron chi connectivity index (χ4n) is 6.53. The van der Waals surface area contributed by atoms with Gasteiger partial charge in [-0.25, -0.2) is 18.7 Å². The van der Waals surface area contributed by atoms with E-state index in [0.717, 1.165) is 18.9 Å².